The van der Waals surface area contributed by atoms with Crippen LogP contribution >= 0.6 is 0 Å². The van der Waals surface area contributed by atoms with E-state index in [4.69, 9.17) is 9.47 Å². The third-order valence-corrected chi connectivity index (χ3v) is 6.56. The van der Waals surface area contributed by atoms with Gasteiger partial charge in [-0.1, -0.05) is 6.07 Å². The highest BCUT2D eigenvalue weighted by molar-refractivity contribution is 5.90. The third-order valence-electron chi connectivity index (χ3n) is 6.56. The van der Waals surface area contributed by atoms with E-state index in [1.807, 2.05) is 24.4 Å². The number of hydrogen-bond donors (Lipinski definition) is 1. The Morgan fingerprint density at radius 3 is 2.79 bits per heavy atom. The van der Waals surface area contributed by atoms with E-state index in [0.29, 0.717) is 36.3 Å². The summed E-state index contributed by atoms with van der Waals surface area (Å²) in [5.41, 5.74) is 3.83. The number of ether oxygens (including phenoxy) is 2. The van der Waals surface area contributed by atoms with Crippen LogP contribution in [-0.2, 0) is 4.74 Å². The summed E-state index contributed by atoms with van der Waals surface area (Å²) < 4.78 is 24.7. The molecule has 0 aliphatic carbocycles. The number of pyridine rings is 2. The van der Waals surface area contributed by atoms with E-state index in [-0.39, 0.29) is 11.9 Å². The number of aryl methyl sites for hydroxylation is 1. The summed E-state index contributed by atoms with van der Waals surface area (Å²) in [5.74, 6) is 0.251. The number of cyclic esters (lactones) is 1. The lowest BCUT2D eigenvalue weighted by Crippen LogP contribution is -2.45. The fraction of sp³-hybridized carbons (Fsp3) is 0.400. The molecule has 0 unspecified atom stereocenters. The first-order valence-corrected chi connectivity index (χ1v) is 11.5. The molecule has 5 rings (SSSR count). The van der Waals surface area contributed by atoms with Crippen molar-refractivity contribution < 1.29 is 18.7 Å². The predicted octanol–water partition coefficient (Wildman–Crippen LogP) is 3.67. The van der Waals surface area contributed by atoms with Crippen molar-refractivity contribution >= 4 is 28.5 Å². The van der Waals surface area contributed by atoms with Crippen LogP contribution in [-0.4, -0.2) is 61.5 Å². The van der Waals surface area contributed by atoms with E-state index < -0.39 is 6.09 Å². The van der Waals surface area contributed by atoms with Gasteiger partial charge >= 0.3 is 6.09 Å². The first-order valence-electron chi connectivity index (χ1n) is 11.5. The van der Waals surface area contributed by atoms with Crippen molar-refractivity contribution in [2.45, 2.75) is 31.9 Å². The van der Waals surface area contributed by atoms with Crippen molar-refractivity contribution in [1.82, 2.24) is 15.3 Å². The first-order chi connectivity index (χ1) is 16.5. The van der Waals surface area contributed by atoms with Crippen molar-refractivity contribution in [3.63, 3.8) is 0 Å². The SMILES string of the molecule is COc1ccc2nccc(N3CCC(NC[C@@H]4CN(c5ccc(C)c(F)c5)C(=O)O4)CC3)c2n1. The maximum absolute atomic E-state index is 13.9. The monoisotopic (exact) mass is 465 g/mol. The molecule has 3 aromatic rings. The molecule has 34 heavy (non-hydrogen) atoms. The van der Waals surface area contributed by atoms with Gasteiger partial charge in [0.1, 0.15) is 17.4 Å². The minimum absolute atomic E-state index is 0.268. The number of fused-ring (bicyclic) bond motifs is 1. The molecule has 2 aliphatic heterocycles. The minimum Gasteiger partial charge on any atom is -0.481 e. The van der Waals surface area contributed by atoms with E-state index in [1.54, 1.807) is 26.2 Å². The van der Waals surface area contributed by atoms with Gasteiger partial charge in [0.2, 0.25) is 5.88 Å². The summed E-state index contributed by atoms with van der Waals surface area (Å²) in [6, 6.07) is 10.9. The maximum Gasteiger partial charge on any atom is 0.414 e. The van der Waals surface area contributed by atoms with Gasteiger partial charge in [-0.25, -0.2) is 14.2 Å². The number of methoxy groups -OCH3 is 1. The van der Waals surface area contributed by atoms with Crippen LogP contribution < -0.4 is 19.9 Å². The molecule has 178 valence electrons. The molecule has 1 N–H and O–H groups in total. The summed E-state index contributed by atoms with van der Waals surface area (Å²) in [5, 5.41) is 3.55. The van der Waals surface area contributed by atoms with E-state index in [1.165, 1.54) is 11.0 Å². The van der Waals surface area contributed by atoms with Crippen molar-refractivity contribution in [1.29, 1.82) is 0 Å². The second-order valence-electron chi connectivity index (χ2n) is 8.77. The van der Waals surface area contributed by atoms with Crippen LogP contribution in [0.3, 0.4) is 0 Å². The van der Waals surface area contributed by atoms with Crippen LogP contribution in [0.15, 0.2) is 42.6 Å². The van der Waals surface area contributed by atoms with Crippen LogP contribution in [0.1, 0.15) is 18.4 Å². The maximum atomic E-state index is 13.9. The number of hydrogen-bond acceptors (Lipinski definition) is 7. The molecule has 0 saturated carbocycles. The predicted molar refractivity (Wildman–Crippen MR) is 128 cm³/mol. The van der Waals surface area contributed by atoms with Gasteiger partial charge in [0.25, 0.3) is 0 Å². The second kappa shape index (κ2) is 9.42. The molecule has 9 heteroatoms. The van der Waals surface area contributed by atoms with Gasteiger partial charge in [-0.05, 0) is 49.6 Å². The van der Waals surface area contributed by atoms with Gasteiger partial charge in [0, 0.05) is 37.9 Å². The highest BCUT2D eigenvalue weighted by Crippen LogP contribution is 2.28. The Kier molecular flexibility index (Phi) is 6.19. The van der Waals surface area contributed by atoms with Crippen molar-refractivity contribution in [3.8, 4) is 5.88 Å². The lowest BCUT2D eigenvalue weighted by atomic mass is 10.0. The number of aromatic nitrogens is 2. The number of nitrogens with zero attached hydrogens (tertiary/aromatic N) is 4. The summed E-state index contributed by atoms with van der Waals surface area (Å²) in [6.45, 7) is 4.44. The highest BCUT2D eigenvalue weighted by Gasteiger charge is 2.33. The Morgan fingerprint density at radius 1 is 1.21 bits per heavy atom. The zero-order valence-electron chi connectivity index (χ0n) is 19.3. The van der Waals surface area contributed by atoms with Crippen LogP contribution in [0, 0.1) is 12.7 Å². The Bertz CT molecular complexity index is 1200. The quantitative estimate of drug-likeness (QED) is 0.595. The largest absolute Gasteiger partial charge is 0.481 e. The molecule has 0 bridgehead atoms. The van der Waals surface area contributed by atoms with Gasteiger partial charge in [0.15, 0.2) is 0 Å². The normalized spacial score (nSPS) is 19.0. The Morgan fingerprint density at radius 2 is 2.03 bits per heavy atom. The van der Waals surface area contributed by atoms with Gasteiger partial charge < -0.3 is 19.7 Å². The number of carbonyl (C=O) groups excluding carboxylic acids is 1. The molecular weight excluding hydrogens is 437 g/mol. The average molecular weight is 466 g/mol. The zero-order chi connectivity index (χ0) is 23.7. The molecule has 8 nitrogen and oxygen atoms in total. The molecule has 0 spiro atoms. The number of benzene rings is 1. The van der Waals surface area contributed by atoms with Gasteiger partial charge in [-0.3, -0.25) is 9.88 Å². The van der Waals surface area contributed by atoms with E-state index in [0.717, 1.165) is 42.7 Å². The molecule has 1 atom stereocenters. The summed E-state index contributed by atoms with van der Waals surface area (Å²) in [7, 11) is 1.61. The van der Waals surface area contributed by atoms with Crippen LogP contribution in [0.25, 0.3) is 11.0 Å². The third kappa shape index (κ3) is 4.48. The summed E-state index contributed by atoms with van der Waals surface area (Å²) >= 11 is 0. The number of halogens is 1. The summed E-state index contributed by atoms with van der Waals surface area (Å²) in [6.07, 6.45) is 3.03. The van der Waals surface area contributed by atoms with E-state index in [2.05, 4.69) is 20.2 Å². The number of piperidine rings is 1. The van der Waals surface area contributed by atoms with Crippen molar-refractivity contribution in [2.75, 3.05) is 43.1 Å². The molecule has 1 aromatic carbocycles. The molecule has 2 aliphatic rings. The molecular formula is C25H28FN5O3. The molecule has 4 heterocycles. The number of carbonyl (C=O) groups is 1. The second-order valence-corrected chi connectivity index (χ2v) is 8.77. The Labute approximate surface area is 197 Å². The van der Waals surface area contributed by atoms with Gasteiger partial charge in [0.05, 0.1) is 30.5 Å². The topological polar surface area (TPSA) is 79.8 Å². The molecule has 2 aromatic heterocycles. The zero-order valence-corrected chi connectivity index (χ0v) is 19.3. The van der Waals surface area contributed by atoms with Crippen LogP contribution in [0.5, 0.6) is 5.88 Å². The number of anilines is 2. The lowest BCUT2D eigenvalue weighted by Gasteiger charge is -2.34. The highest BCUT2D eigenvalue weighted by atomic mass is 19.1. The first kappa shape index (κ1) is 22.3. The Hall–Kier alpha value is -3.46. The fourth-order valence-electron chi connectivity index (χ4n) is 4.57. The minimum atomic E-state index is -0.433. The van der Waals surface area contributed by atoms with Crippen LogP contribution in [0.2, 0.25) is 0 Å². The van der Waals surface area contributed by atoms with E-state index in [9.17, 15) is 9.18 Å². The molecule has 2 saturated heterocycles. The average Bonchev–Trinajstić information content (AvgIpc) is 3.24. The molecule has 1 amide bonds. The number of nitrogens with one attached hydrogen (secondary N) is 1. The standard InChI is InChI=1S/C25H28FN5O3/c1-16-3-4-18(13-20(16)26)31-15-19(34-25(31)32)14-28-17-8-11-30(12-9-17)22-7-10-27-21-5-6-23(33-2)29-24(21)22/h3-7,10,13,17,19,28H,8-9,11-12,14-15H2,1-2H3/t19-/m1/s1. The Balaban J connectivity index is 1.16. The number of amides is 1. The smallest absolute Gasteiger partial charge is 0.414 e. The number of rotatable bonds is 6. The van der Waals surface area contributed by atoms with Gasteiger partial charge in [-0.2, -0.15) is 0 Å². The fourth-order valence-corrected chi connectivity index (χ4v) is 4.57. The van der Waals surface area contributed by atoms with Gasteiger partial charge in [-0.15, -0.1) is 0 Å². The molecule has 0 radical (unpaired) electrons. The molecule has 2 fully saturated rings. The van der Waals surface area contributed by atoms with Crippen LogP contribution in [0.4, 0.5) is 20.6 Å². The summed E-state index contributed by atoms with van der Waals surface area (Å²) in [4.78, 5) is 25.2. The van der Waals surface area contributed by atoms with Crippen molar-refractivity contribution in [3.05, 3.63) is 54.0 Å². The van der Waals surface area contributed by atoms with Crippen molar-refractivity contribution in [2.24, 2.45) is 0 Å². The lowest BCUT2D eigenvalue weighted by molar-refractivity contribution is 0.137. The van der Waals surface area contributed by atoms with E-state index >= 15 is 0 Å².